The van der Waals surface area contributed by atoms with Crippen molar-refractivity contribution < 1.29 is 18.4 Å². The Balaban J connectivity index is 1.92. The molecule has 1 aromatic carbocycles. The Morgan fingerprint density at radius 3 is 2.29 bits per heavy atom. The summed E-state index contributed by atoms with van der Waals surface area (Å²) in [6, 6.07) is 3.39. The molecule has 0 bridgehead atoms. The molecule has 1 aliphatic carbocycles. The van der Waals surface area contributed by atoms with Crippen molar-refractivity contribution in [3.8, 4) is 0 Å². The number of amides is 2. The fourth-order valence-electron chi connectivity index (χ4n) is 3.87. The predicted octanol–water partition coefficient (Wildman–Crippen LogP) is 2.47. The van der Waals surface area contributed by atoms with E-state index in [4.69, 9.17) is 0 Å². The highest BCUT2D eigenvalue weighted by Gasteiger charge is 2.45. The van der Waals surface area contributed by atoms with Gasteiger partial charge in [-0.1, -0.05) is 12.8 Å². The van der Waals surface area contributed by atoms with Gasteiger partial charge >= 0.3 is 0 Å². The minimum Gasteiger partial charge on any atom is -0.344 e. The van der Waals surface area contributed by atoms with Crippen molar-refractivity contribution >= 4 is 11.8 Å². The number of likely N-dealkylation sites (N-methyl/N-ethyl adjacent to an activating group) is 1. The molecule has 0 aromatic heterocycles. The van der Waals surface area contributed by atoms with Crippen molar-refractivity contribution in [3.63, 3.8) is 0 Å². The molecule has 1 heterocycles. The number of hydrogen-bond donors (Lipinski definition) is 0. The zero-order chi connectivity index (χ0) is 17.3. The van der Waals surface area contributed by atoms with Crippen molar-refractivity contribution in [2.75, 3.05) is 26.7 Å². The van der Waals surface area contributed by atoms with E-state index >= 15 is 0 Å². The molecule has 3 rings (SSSR count). The highest BCUT2D eigenvalue weighted by atomic mass is 19.1. The summed E-state index contributed by atoms with van der Waals surface area (Å²) in [5.74, 6) is -1.40. The number of halogens is 2. The summed E-state index contributed by atoms with van der Waals surface area (Å²) in [7, 11) is 1.73. The van der Waals surface area contributed by atoms with Gasteiger partial charge in [0, 0.05) is 39.2 Å². The van der Waals surface area contributed by atoms with Crippen LogP contribution in [0.5, 0.6) is 0 Å². The molecule has 6 heteroatoms. The molecule has 2 fully saturated rings. The Kier molecular flexibility index (Phi) is 4.56. The van der Waals surface area contributed by atoms with Crippen LogP contribution in [0.2, 0.25) is 0 Å². The van der Waals surface area contributed by atoms with Crippen molar-refractivity contribution in [2.45, 2.75) is 37.5 Å². The van der Waals surface area contributed by atoms with E-state index in [0.717, 1.165) is 18.9 Å². The first kappa shape index (κ1) is 16.9. The van der Waals surface area contributed by atoms with Crippen LogP contribution in [0.4, 0.5) is 8.78 Å². The molecule has 0 spiro atoms. The largest absolute Gasteiger partial charge is 0.344 e. The third-order valence-electron chi connectivity index (χ3n) is 5.30. The van der Waals surface area contributed by atoms with Crippen LogP contribution in [-0.2, 0) is 15.0 Å². The molecule has 0 radical (unpaired) electrons. The Bertz CT molecular complexity index is 636. The minimum atomic E-state index is -0.866. The Labute approximate surface area is 140 Å². The molecule has 0 N–H and O–H groups in total. The van der Waals surface area contributed by atoms with Crippen LogP contribution in [0, 0.1) is 11.6 Å². The van der Waals surface area contributed by atoms with Gasteiger partial charge in [-0.25, -0.2) is 8.78 Å². The van der Waals surface area contributed by atoms with Crippen LogP contribution in [0.1, 0.15) is 37.7 Å². The maximum atomic E-state index is 13.7. The van der Waals surface area contributed by atoms with Gasteiger partial charge in [0.2, 0.25) is 11.8 Å². The molecule has 1 aromatic rings. The van der Waals surface area contributed by atoms with Gasteiger partial charge in [-0.2, -0.15) is 0 Å². The second-order valence-corrected chi connectivity index (χ2v) is 6.80. The van der Waals surface area contributed by atoms with Crippen molar-refractivity contribution in [1.29, 1.82) is 0 Å². The predicted molar refractivity (Wildman–Crippen MR) is 85.3 cm³/mol. The van der Waals surface area contributed by atoms with Crippen LogP contribution < -0.4 is 0 Å². The van der Waals surface area contributed by atoms with Gasteiger partial charge in [-0.05, 0) is 30.5 Å². The minimum absolute atomic E-state index is 0.0163. The third kappa shape index (κ3) is 3.01. The molecule has 4 nitrogen and oxygen atoms in total. The van der Waals surface area contributed by atoms with Gasteiger partial charge in [0.25, 0.3) is 0 Å². The summed E-state index contributed by atoms with van der Waals surface area (Å²) in [6.45, 7) is 1.31. The SMILES string of the molecule is CN1CCN(C(=O)C2(c3cc(F)cc(F)c3)CCCC2)CCC1=O. The summed E-state index contributed by atoms with van der Waals surface area (Å²) < 4.78 is 27.4. The van der Waals surface area contributed by atoms with Gasteiger partial charge in [0.15, 0.2) is 0 Å². The van der Waals surface area contributed by atoms with E-state index in [0.29, 0.717) is 38.0 Å². The molecular weight excluding hydrogens is 314 g/mol. The van der Waals surface area contributed by atoms with Crippen LogP contribution in [-0.4, -0.2) is 48.3 Å². The molecule has 0 unspecified atom stereocenters. The van der Waals surface area contributed by atoms with E-state index in [1.54, 1.807) is 16.8 Å². The second-order valence-electron chi connectivity index (χ2n) is 6.80. The third-order valence-corrected chi connectivity index (χ3v) is 5.30. The lowest BCUT2D eigenvalue weighted by Crippen LogP contribution is -2.47. The molecule has 24 heavy (non-hydrogen) atoms. The van der Waals surface area contributed by atoms with Gasteiger partial charge in [-0.3, -0.25) is 9.59 Å². The van der Waals surface area contributed by atoms with Crippen LogP contribution in [0.15, 0.2) is 18.2 Å². The topological polar surface area (TPSA) is 40.6 Å². The average molecular weight is 336 g/mol. The highest BCUT2D eigenvalue weighted by Crippen LogP contribution is 2.43. The van der Waals surface area contributed by atoms with Crippen molar-refractivity contribution in [2.24, 2.45) is 0 Å². The van der Waals surface area contributed by atoms with E-state index in [1.165, 1.54) is 12.1 Å². The number of rotatable bonds is 2. The lowest BCUT2D eigenvalue weighted by molar-refractivity contribution is -0.137. The lowest BCUT2D eigenvalue weighted by atomic mass is 9.77. The monoisotopic (exact) mass is 336 g/mol. The normalized spacial score (nSPS) is 21.0. The molecule has 2 amide bonds. The quantitative estimate of drug-likeness (QED) is 0.832. The van der Waals surface area contributed by atoms with E-state index in [-0.39, 0.29) is 18.2 Å². The first-order valence-corrected chi connectivity index (χ1v) is 8.42. The van der Waals surface area contributed by atoms with E-state index in [2.05, 4.69) is 0 Å². The standard InChI is InChI=1S/C18H22F2N2O2/c1-21-8-9-22(7-4-16(21)23)17(24)18(5-2-3-6-18)13-10-14(19)12-15(20)11-13/h10-12H,2-9H2,1H3. The maximum Gasteiger partial charge on any atom is 0.233 e. The molecule has 130 valence electrons. The number of carbonyl (C=O) groups is 2. The zero-order valence-corrected chi connectivity index (χ0v) is 13.9. The smallest absolute Gasteiger partial charge is 0.233 e. The van der Waals surface area contributed by atoms with Gasteiger partial charge in [0.05, 0.1) is 5.41 Å². The van der Waals surface area contributed by atoms with E-state index in [9.17, 15) is 18.4 Å². The second kappa shape index (κ2) is 6.49. The average Bonchev–Trinajstić information content (AvgIpc) is 2.97. The van der Waals surface area contributed by atoms with Crippen LogP contribution in [0.25, 0.3) is 0 Å². The molecular formula is C18H22F2N2O2. The lowest BCUT2D eigenvalue weighted by Gasteiger charge is -2.34. The molecule has 1 saturated carbocycles. The highest BCUT2D eigenvalue weighted by molar-refractivity contribution is 5.89. The molecule has 2 aliphatic rings. The van der Waals surface area contributed by atoms with Gasteiger partial charge < -0.3 is 9.80 Å². The zero-order valence-electron chi connectivity index (χ0n) is 13.9. The van der Waals surface area contributed by atoms with E-state index < -0.39 is 17.0 Å². The first-order valence-electron chi connectivity index (χ1n) is 8.42. The maximum absolute atomic E-state index is 13.7. The number of benzene rings is 1. The number of nitrogens with zero attached hydrogens (tertiary/aromatic N) is 2. The summed E-state index contributed by atoms with van der Waals surface area (Å²) in [4.78, 5) is 28.4. The van der Waals surface area contributed by atoms with E-state index in [1.807, 2.05) is 0 Å². The number of carbonyl (C=O) groups excluding carboxylic acids is 2. The Hall–Kier alpha value is -1.98. The van der Waals surface area contributed by atoms with Crippen LogP contribution >= 0.6 is 0 Å². The fourth-order valence-corrected chi connectivity index (χ4v) is 3.87. The van der Waals surface area contributed by atoms with Crippen molar-refractivity contribution in [1.82, 2.24) is 9.80 Å². The molecule has 1 aliphatic heterocycles. The van der Waals surface area contributed by atoms with Crippen molar-refractivity contribution in [3.05, 3.63) is 35.4 Å². The molecule has 1 saturated heterocycles. The Morgan fingerprint density at radius 2 is 1.67 bits per heavy atom. The summed E-state index contributed by atoms with van der Waals surface area (Å²) in [6.07, 6.45) is 3.19. The van der Waals surface area contributed by atoms with Crippen LogP contribution in [0.3, 0.4) is 0 Å². The Morgan fingerprint density at radius 1 is 1.04 bits per heavy atom. The van der Waals surface area contributed by atoms with Gasteiger partial charge in [-0.15, -0.1) is 0 Å². The summed E-state index contributed by atoms with van der Waals surface area (Å²) in [5.41, 5.74) is -0.444. The van der Waals surface area contributed by atoms with Gasteiger partial charge in [0.1, 0.15) is 11.6 Å². The summed E-state index contributed by atoms with van der Waals surface area (Å²) >= 11 is 0. The number of hydrogen-bond acceptors (Lipinski definition) is 2. The first-order chi connectivity index (χ1) is 11.4. The fraction of sp³-hybridized carbons (Fsp3) is 0.556. The molecule has 0 atom stereocenters. The summed E-state index contributed by atoms with van der Waals surface area (Å²) in [5, 5.41) is 0.